The van der Waals surface area contributed by atoms with Gasteiger partial charge in [-0.15, -0.1) is 0 Å². The van der Waals surface area contributed by atoms with Crippen molar-refractivity contribution < 1.29 is 0 Å². The van der Waals surface area contributed by atoms with Crippen LogP contribution in [0.2, 0.25) is 0 Å². The van der Waals surface area contributed by atoms with Crippen LogP contribution in [-0.4, -0.2) is 4.98 Å². The Morgan fingerprint density at radius 1 is 0.739 bits per heavy atom. The SMILES string of the molecule is N#CC(c1ccc2ccccc2c1)c1ccc2ccccc2n1. The van der Waals surface area contributed by atoms with Gasteiger partial charge in [0, 0.05) is 5.39 Å². The fourth-order valence-corrected chi connectivity index (χ4v) is 2.94. The predicted octanol–water partition coefficient (Wildman–Crippen LogP) is 5.04. The molecule has 2 nitrogen and oxygen atoms in total. The molecule has 0 N–H and O–H groups in total. The first-order valence-corrected chi connectivity index (χ1v) is 7.59. The topological polar surface area (TPSA) is 36.7 Å². The Hall–Kier alpha value is -3.18. The van der Waals surface area contributed by atoms with Gasteiger partial charge in [0.05, 0.1) is 17.3 Å². The average Bonchev–Trinajstić information content (AvgIpc) is 2.62. The van der Waals surface area contributed by atoms with Crippen LogP contribution in [0, 0.1) is 11.3 Å². The molecule has 4 aromatic rings. The molecule has 23 heavy (non-hydrogen) atoms. The van der Waals surface area contributed by atoms with Crippen LogP contribution in [-0.2, 0) is 0 Å². The predicted molar refractivity (Wildman–Crippen MR) is 93.1 cm³/mol. The van der Waals surface area contributed by atoms with Gasteiger partial charge >= 0.3 is 0 Å². The molecule has 3 aromatic carbocycles. The van der Waals surface area contributed by atoms with Crippen molar-refractivity contribution in [1.29, 1.82) is 5.26 Å². The van der Waals surface area contributed by atoms with E-state index in [4.69, 9.17) is 0 Å². The molecular weight excluding hydrogens is 280 g/mol. The summed E-state index contributed by atoms with van der Waals surface area (Å²) in [6.45, 7) is 0. The minimum atomic E-state index is -0.357. The summed E-state index contributed by atoms with van der Waals surface area (Å²) >= 11 is 0. The van der Waals surface area contributed by atoms with Crippen molar-refractivity contribution in [1.82, 2.24) is 4.98 Å². The highest BCUT2D eigenvalue weighted by Crippen LogP contribution is 2.27. The van der Waals surface area contributed by atoms with E-state index in [-0.39, 0.29) is 5.92 Å². The zero-order chi connectivity index (χ0) is 15.6. The van der Waals surface area contributed by atoms with Gasteiger partial charge in [-0.25, -0.2) is 0 Å². The van der Waals surface area contributed by atoms with Crippen LogP contribution in [0.1, 0.15) is 17.2 Å². The van der Waals surface area contributed by atoms with Gasteiger partial charge in [0.2, 0.25) is 0 Å². The molecule has 0 aliphatic heterocycles. The largest absolute Gasteiger partial charge is 0.251 e. The van der Waals surface area contributed by atoms with Gasteiger partial charge in [0.15, 0.2) is 0 Å². The normalized spacial score (nSPS) is 12.1. The molecule has 0 amide bonds. The smallest absolute Gasteiger partial charge is 0.113 e. The second-order valence-corrected chi connectivity index (χ2v) is 5.60. The molecule has 1 aromatic heterocycles. The number of hydrogen-bond donors (Lipinski definition) is 0. The van der Waals surface area contributed by atoms with Crippen LogP contribution in [0.4, 0.5) is 0 Å². The van der Waals surface area contributed by atoms with Crippen LogP contribution in [0.15, 0.2) is 78.9 Å². The molecule has 1 unspecified atom stereocenters. The first-order chi connectivity index (χ1) is 11.3. The molecule has 0 bridgehead atoms. The first kappa shape index (κ1) is 13.5. The van der Waals surface area contributed by atoms with E-state index in [0.717, 1.165) is 27.5 Å². The maximum absolute atomic E-state index is 9.69. The quantitative estimate of drug-likeness (QED) is 0.519. The van der Waals surface area contributed by atoms with E-state index in [2.05, 4.69) is 35.3 Å². The molecule has 0 saturated carbocycles. The van der Waals surface area contributed by atoms with E-state index in [1.54, 1.807) is 0 Å². The third kappa shape index (κ3) is 2.43. The standard InChI is InChI=1S/C21H14N2/c22-14-19(18-10-9-15-5-1-2-7-17(15)13-18)21-12-11-16-6-3-4-8-20(16)23-21/h1-13,19H. The van der Waals surface area contributed by atoms with E-state index < -0.39 is 0 Å². The van der Waals surface area contributed by atoms with Gasteiger partial charge in [-0.1, -0.05) is 60.7 Å². The van der Waals surface area contributed by atoms with E-state index >= 15 is 0 Å². The van der Waals surface area contributed by atoms with Gasteiger partial charge < -0.3 is 0 Å². The summed E-state index contributed by atoms with van der Waals surface area (Å²) in [5.41, 5.74) is 2.70. The summed E-state index contributed by atoms with van der Waals surface area (Å²) < 4.78 is 0. The molecule has 4 rings (SSSR count). The Balaban J connectivity index is 1.83. The molecule has 1 heterocycles. The minimum Gasteiger partial charge on any atom is -0.251 e. The van der Waals surface area contributed by atoms with Crippen LogP contribution in [0.5, 0.6) is 0 Å². The molecule has 0 fully saturated rings. The molecule has 0 aliphatic rings. The fourth-order valence-electron chi connectivity index (χ4n) is 2.94. The number of pyridine rings is 1. The van der Waals surface area contributed by atoms with E-state index in [1.807, 2.05) is 54.6 Å². The van der Waals surface area contributed by atoms with Crippen LogP contribution in [0.3, 0.4) is 0 Å². The first-order valence-electron chi connectivity index (χ1n) is 7.59. The lowest BCUT2D eigenvalue weighted by molar-refractivity contribution is 0.982. The zero-order valence-corrected chi connectivity index (χ0v) is 12.5. The maximum Gasteiger partial charge on any atom is 0.113 e. The number of aromatic nitrogens is 1. The lowest BCUT2D eigenvalue weighted by Crippen LogP contribution is -2.01. The van der Waals surface area contributed by atoms with Crippen molar-refractivity contribution >= 4 is 21.7 Å². The van der Waals surface area contributed by atoms with Crippen molar-refractivity contribution in [3.63, 3.8) is 0 Å². The van der Waals surface area contributed by atoms with Gasteiger partial charge in [-0.3, -0.25) is 4.98 Å². The molecule has 0 saturated heterocycles. The van der Waals surface area contributed by atoms with Crippen molar-refractivity contribution in [2.45, 2.75) is 5.92 Å². The van der Waals surface area contributed by atoms with Crippen LogP contribution >= 0.6 is 0 Å². The Labute approximate surface area is 134 Å². The van der Waals surface area contributed by atoms with E-state index in [1.165, 1.54) is 5.39 Å². The average molecular weight is 294 g/mol. The lowest BCUT2D eigenvalue weighted by Gasteiger charge is -2.11. The molecular formula is C21H14N2. The van der Waals surface area contributed by atoms with Gasteiger partial charge in [-0.2, -0.15) is 5.26 Å². The number of para-hydroxylation sites is 1. The number of nitriles is 1. The van der Waals surface area contributed by atoms with Crippen LogP contribution < -0.4 is 0 Å². The van der Waals surface area contributed by atoms with Crippen molar-refractivity contribution in [3.05, 3.63) is 90.1 Å². The fraction of sp³-hybridized carbons (Fsp3) is 0.0476. The summed E-state index contributed by atoms with van der Waals surface area (Å²) in [5.74, 6) is -0.357. The Bertz CT molecular complexity index is 965. The maximum atomic E-state index is 9.69. The second-order valence-electron chi connectivity index (χ2n) is 5.60. The Kier molecular flexibility index (Phi) is 3.25. The molecule has 0 radical (unpaired) electrons. The van der Waals surface area contributed by atoms with Crippen molar-refractivity contribution in [2.24, 2.45) is 0 Å². The third-order valence-electron chi connectivity index (χ3n) is 4.15. The number of benzene rings is 3. The van der Waals surface area contributed by atoms with Gasteiger partial charge in [-0.05, 0) is 34.5 Å². The summed E-state index contributed by atoms with van der Waals surface area (Å²) in [7, 11) is 0. The van der Waals surface area contributed by atoms with Gasteiger partial charge in [0.1, 0.15) is 5.92 Å². The number of rotatable bonds is 2. The summed E-state index contributed by atoms with van der Waals surface area (Å²) in [6.07, 6.45) is 0. The molecule has 0 spiro atoms. The summed E-state index contributed by atoms with van der Waals surface area (Å²) in [4.78, 5) is 4.68. The second kappa shape index (κ2) is 5.55. The third-order valence-corrected chi connectivity index (χ3v) is 4.15. The monoisotopic (exact) mass is 294 g/mol. The lowest BCUT2D eigenvalue weighted by atomic mass is 9.94. The zero-order valence-electron chi connectivity index (χ0n) is 12.5. The molecule has 108 valence electrons. The molecule has 2 heteroatoms. The number of hydrogen-bond acceptors (Lipinski definition) is 2. The molecule has 1 atom stereocenters. The Morgan fingerprint density at radius 2 is 1.43 bits per heavy atom. The summed E-state index contributed by atoms with van der Waals surface area (Å²) in [5, 5.41) is 13.1. The minimum absolute atomic E-state index is 0.357. The van der Waals surface area contributed by atoms with Crippen molar-refractivity contribution in [3.8, 4) is 6.07 Å². The highest BCUT2D eigenvalue weighted by Gasteiger charge is 2.15. The number of fused-ring (bicyclic) bond motifs is 2. The summed E-state index contributed by atoms with van der Waals surface area (Å²) in [6, 6.07) is 28.7. The highest BCUT2D eigenvalue weighted by atomic mass is 14.7. The van der Waals surface area contributed by atoms with E-state index in [0.29, 0.717) is 0 Å². The molecule has 0 aliphatic carbocycles. The van der Waals surface area contributed by atoms with E-state index in [9.17, 15) is 5.26 Å². The highest BCUT2D eigenvalue weighted by molar-refractivity contribution is 5.83. The Morgan fingerprint density at radius 3 is 2.26 bits per heavy atom. The van der Waals surface area contributed by atoms with Gasteiger partial charge in [0.25, 0.3) is 0 Å². The van der Waals surface area contributed by atoms with Crippen LogP contribution in [0.25, 0.3) is 21.7 Å². The number of nitrogens with zero attached hydrogens (tertiary/aromatic N) is 2. The van der Waals surface area contributed by atoms with Crippen molar-refractivity contribution in [2.75, 3.05) is 0 Å².